The van der Waals surface area contributed by atoms with Gasteiger partial charge >= 0.3 is 0 Å². The Kier molecular flexibility index (Phi) is 3.22. The summed E-state index contributed by atoms with van der Waals surface area (Å²) in [6.45, 7) is 5.87. The molecule has 0 bridgehead atoms. The fourth-order valence-corrected chi connectivity index (χ4v) is 2.93. The van der Waals surface area contributed by atoms with Gasteiger partial charge < -0.3 is 9.80 Å². The lowest BCUT2D eigenvalue weighted by atomic mass is 10.0. The summed E-state index contributed by atoms with van der Waals surface area (Å²) in [5.41, 5.74) is 0.534. The average Bonchev–Trinajstić information content (AvgIpc) is 2.84. The van der Waals surface area contributed by atoms with E-state index < -0.39 is 0 Å². The van der Waals surface area contributed by atoms with E-state index in [-0.39, 0.29) is 11.9 Å². The first-order valence-corrected chi connectivity index (χ1v) is 6.41. The Morgan fingerprint density at radius 1 is 1.41 bits per heavy atom. The number of hydrogen-bond donors (Lipinski definition) is 1. The Bertz CT molecular complexity index is 358. The molecule has 2 aliphatic rings. The molecule has 0 spiro atoms. The zero-order valence-electron chi connectivity index (χ0n) is 10.7. The molecule has 0 aromatic heterocycles. The number of nitrogens with zero attached hydrogens (tertiary/aromatic N) is 2. The van der Waals surface area contributed by atoms with E-state index >= 15 is 0 Å². The van der Waals surface area contributed by atoms with Crippen molar-refractivity contribution in [3.63, 3.8) is 0 Å². The third-order valence-corrected chi connectivity index (χ3v) is 3.99. The minimum atomic E-state index is -0.166. The van der Waals surface area contributed by atoms with Crippen LogP contribution in [0.4, 0.5) is 0 Å². The Balaban J connectivity index is 2.29. The van der Waals surface area contributed by atoms with Gasteiger partial charge in [-0.25, -0.2) is 0 Å². The Morgan fingerprint density at radius 2 is 2.00 bits per heavy atom. The van der Waals surface area contributed by atoms with Gasteiger partial charge in [0.15, 0.2) is 0 Å². The summed E-state index contributed by atoms with van der Waals surface area (Å²) >= 11 is 0. The van der Waals surface area contributed by atoms with E-state index in [0.717, 1.165) is 19.3 Å². The molecular formula is C13H21N3O. The molecule has 17 heavy (non-hydrogen) atoms. The first-order chi connectivity index (χ1) is 8.07. The van der Waals surface area contributed by atoms with Crippen LogP contribution in [0, 0.1) is 5.41 Å². The first-order valence-electron chi connectivity index (χ1n) is 6.41. The van der Waals surface area contributed by atoms with E-state index in [1.807, 2.05) is 11.8 Å². The van der Waals surface area contributed by atoms with E-state index in [1.54, 1.807) is 7.05 Å². The van der Waals surface area contributed by atoms with Crippen LogP contribution in [0.5, 0.6) is 0 Å². The van der Waals surface area contributed by atoms with Crippen LogP contribution in [-0.2, 0) is 4.79 Å². The molecule has 1 N–H and O–H groups in total. The van der Waals surface area contributed by atoms with Gasteiger partial charge in [-0.1, -0.05) is 26.3 Å². The van der Waals surface area contributed by atoms with Gasteiger partial charge in [-0.15, -0.1) is 0 Å². The summed E-state index contributed by atoms with van der Waals surface area (Å²) in [5.74, 6) is 0.520. The maximum Gasteiger partial charge on any atom is 0.249 e. The van der Waals surface area contributed by atoms with Crippen molar-refractivity contribution >= 4 is 11.7 Å². The molecule has 1 heterocycles. The topological polar surface area (TPSA) is 47.4 Å². The van der Waals surface area contributed by atoms with Gasteiger partial charge in [0.1, 0.15) is 11.9 Å². The van der Waals surface area contributed by atoms with Crippen LogP contribution in [0.3, 0.4) is 0 Å². The third kappa shape index (κ3) is 1.85. The van der Waals surface area contributed by atoms with Gasteiger partial charge in [0.25, 0.3) is 0 Å². The second kappa shape index (κ2) is 4.51. The summed E-state index contributed by atoms with van der Waals surface area (Å²) in [4.78, 5) is 15.7. The van der Waals surface area contributed by atoms with Crippen molar-refractivity contribution in [2.24, 2.45) is 0 Å². The second-order valence-electron chi connectivity index (χ2n) is 4.96. The molecule has 0 aromatic carbocycles. The van der Waals surface area contributed by atoms with Gasteiger partial charge in [0.2, 0.25) is 5.91 Å². The summed E-state index contributed by atoms with van der Waals surface area (Å²) in [6.07, 6.45) is 5.38. The smallest absolute Gasteiger partial charge is 0.249 e. The number of nitrogens with one attached hydrogen (secondary N) is 1. The predicted molar refractivity (Wildman–Crippen MR) is 67.8 cm³/mol. The molecule has 2 fully saturated rings. The minimum absolute atomic E-state index is 0.0837. The lowest BCUT2D eigenvalue weighted by Gasteiger charge is -2.44. The highest BCUT2D eigenvalue weighted by atomic mass is 16.2. The number of likely N-dealkylation sites (N-methyl/N-ethyl adjacent to an activating group) is 1. The van der Waals surface area contributed by atoms with E-state index in [0.29, 0.717) is 17.6 Å². The monoisotopic (exact) mass is 235 g/mol. The van der Waals surface area contributed by atoms with Gasteiger partial charge in [-0.05, 0) is 19.3 Å². The number of hydrogen-bond acceptors (Lipinski definition) is 2. The Labute approximate surface area is 103 Å². The van der Waals surface area contributed by atoms with Crippen molar-refractivity contribution in [3.8, 4) is 0 Å². The lowest BCUT2D eigenvalue weighted by Crippen LogP contribution is -2.59. The van der Waals surface area contributed by atoms with Crippen LogP contribution in [-0.4, -0.2) is 40.7 Å². The molecule has 1 aliphatic carbocycles. The van der Waals surface area contributed by atoms with Crippen molar-refractivity contribution in [1.82, 2.24) is 9.80 Å². The summed E-state index contributed by atoms with van der Waals surface area (Å²) < 4.78 is 0. The van der Waals surface area contributed by atoms with Crippen molar-refractivity contribution in [2.45, 2.75) is 51.1 Å². The molecule has 1 aliphatic heterocycles. The summed E-state index contributed by atoms with van der Waals surface area (Å²) in [5, 5.41) is 8.20. The van der Waals surface area contributed by atoms with Crippen LogP contribution in [0.2, 0.25) is 0 Å². The van der Waals surface area contributed by atoms with Gasteiger partial charge in [0, 0.05) is 13.1 Å². The molecule has 1 saturated heterocycles. The SMILES string of the molecule is C=C1C(=N)N(C2CCCC2)C(CC)C(=O)N1C. The number of rotatable bonds is 2. The highest BCUT2D eigenvalue weighted by Crippen LogP contribution is 2.31. The van der Waals surface area contributed by atoms with E-state index in [1.165, 1.54) is 17.7 Å². The quantitative estimate of drug-likeness (QED) is 0.795. The molecule has 0 radical (unpaired) electrons. The molecule has 1 saturated carbocycles. The Hall–Kier alpha value is -1.32. The maximum atomic E-state index is 12.2. The maximum absolute atomic E-state index is 12.2. The summed E-state index contributed by atoms with van der Waals surface area (Å²) in [6, 6.07) is 0.197. The first kappa shape index (κ1) is 12.1. The predicted octanol–water partition coefficient (Wildman–Crippen LogP) is 1.97. The van der Waals surface area contributed by atoms with Crippen LogP contribution < -0.4 is 0 Å². The number of piperazine rings is 1. The highest BCUT2D eigenvalue weighted by Gasteiger charge is 2.41. The zero-order valence-corrected chi connectivity index (χ0v) is 10.7. The second-order valence-corrected chi connectivity index (χ2v) is 4.96. The van der Waals surface area contributed by atoms with E-state index in [4.69, 9.17) is 5.41 Å². The molecule has 1 unspecified atom stereocenters. The van der Waals surface area contributed by atoms with Crippen LogP contribution in [0.1, 0.15) is 39.0 Å². The Morgan fingerprint density at radius 3 is 2.53 bits per heavy atom. The number of carbonyl (C=O) groups is 1. The minimum Gasteiger partial charge on any atom is -0.340 e. The van der Waals surface area contributed by atoms with Crippen molar-refractivity contribution in [1.29, 1.82) is 5.41 Å². The molecule has 0 aromatic rings. The molecule has 1 amide bonds. The van der Waals surface area contributed by atoms with Gasteiger partial charge in [0.05, 0.1) is 5.70 Å². The fourth-order valence-electron chi connectivity index (χ4n) is 2.93. The van der Waals surface area contributed by atoms with Crippen molar-refractivity contribution in [3.05, 3.63) is 12.3 Å². The molecular weight excluding hydrogens is 214 g/mol. The van der Waals surface area contributed by atoms with E-state index in [9.17, 15) is 4.79 Å². The largest absolute Gasteiger partial charge is 0.340 e. The van der Waals surface area contributed by atoms with Crippen molar-refractivity contribution < 1.29 is 4.79 Å². The molecule has 2 rings (SSSR count). The zero-order chi connectivity index (χ0) is 12.6. The normalized spacial score (nSPS) is 27.2. The molecule has 4 nitrogen and oxygen atoms in total. The van der Waals surface area contributed by atoms with Crippen molar-refractivity contribution in [2.75, 3.05) is 7.05 Å². The lowest BCUT2D eigenvalue weighted by molar-refractivity contribution is -0.134. The standard InChI is InChI=1S/C13H21N3O/c1-4-11-13(17)15(3)9(2)12(14)16(11)10-7-5-6-8-10/h10-11,14H,2,4-8H2,1,3H3. The molecule has 1 atom stereocenters. The molecule has 94 valence electrons. The van der Waals surface area contributed by atoms with E-state index in [2.05, 4.69) is 6.58 Å². The number of amidine groups is 1. The average molecular weight is 235 g/mol. The molecule has 4 heteroatoms. The van der Waals surface area contributed by atoms with Gasteiger partial charge in [-0.2, -0.15) is 0 Å². The highest BCUT2D eigenvalue weighted by molar-refractivity contribution is 6.05. The number of amides is 1. The third-order valence-electron chi connectivity index (χ3n) is 3.99. The summed E-state index contributed by atoms with van der Waals surface area (Å²) in [7, 11) is 1.72. The van der Waals surface area contributed by atoms with Crippen LogP contribution in [0.15, 0.2) is 12.3 Å². The van der Waals surface area contributed by atoms with Crippen LogP contribution in [0.25, 0.3) is 0 Å². The van der Waals surface area contributed by atoms with Gasteiger partial charge in [-0.3, -0.25) is 10.2 Å². The van der Waals surface area contributed by atoms with Crippen LogP contribution >= 0.6 is 0 Å². The fraction of sp³-hybridized carbons (Fsp3) is 0.692. The number of carbonyl (C=O) groups excluding carboxylic acids is 1.